The summed E-state index contributed by atoms with van der Waals surface area (Å²) in [7, 11) is 0. The summed E-state index contributed by atoms with van der Waals surface area (Å²) in [6.07, 6.45) is 0. The molecule has 127 valence electrons. The molecule has 0 aromatic heterocycles. The van der Waals surface area contributed by atoms with E-state index < -0.39 is 11.1 Å². The van der Waals surface area contributed by atoms with E-state index in [1.807, 2.05) is 76.2 Å². The number of fused-ring (bicyclic) bond motifs is 3. The molecule has 0 bridgehead atoms. The first-order valence-electron chi connectivity index (χ1n) is 8.49. The van der Waals surface area contributed by atoms with E-state index in [-0.39, 0.29) is 5.84 Å². The molecule has 3 aromatic carbocycles. The zero-order valence-corrected chi connectivity index (χ0v) is 14.9. The van der Waals surface area contributed by atoms with Gasteiger partial charge in [0.1, 0.15) is 5.54 Å². The van der Waals surface area contributed by atoms with Crippen molar-refractivity contribution in [3.63, 3.8) is 0 Å². The Balaban J connectivity index is 2.12. The molecule has 1 aliphatic rings. The molecule has 0 unspecified atom stereocenters. The molecule has 0 saturated heterocycles. The molecule has 1 radical (unpaired) electrons. The zero-order chi connectivity index (χ0) is 18.0. The molecule has 4 heteroatoms. The predicted octanol–water partition coefficient (Wildman–Crippen LogP) is 4.47. The van der Waals surface area contributed by atoms with Crippen LogP contribution in [0.1, 0.15) is 33.3 Å². The molecule has 0 N–H and O–H groups in total. The van der Waals surface area contributed by atoms with Crippen LogP contribution >= 0.6 is 0 Å². The van der Waals surface area contributed by atoms with E-state index in [0.717, 1.165) is 31.3 Å². The van der Waals surface area contributed by atoms with Gasteiger partial charge in [-0.25, -0.2) is 0 Å². The fourth-order valence-corrected chi connectivity index (χ4v) is 3.57. The summed E-state index contributed by atoms with van der Waals surface area (Å²) in [6.45, 7) is 7.28. The van der Waals surface area contributed by atoms with Gasteiger partial charge in [-0.2, -0.15) is 0 Å². The summed E-state index contributed by atoms with van der Waals surface area (Å²) < 4.78 is 0.885. The highest BCUT2D eigenvalue weighted by atomic mass is 16.5. The van der Waals surface area contributed by atoms with Crippen LogP contribution in [0.15, 0.2) is 54.6 Å². The first kappa shape index (κ1) is 15.9. The van der Waals surface area contributed by atoms with Crippen molar-refractivity contribution in [1.29, 1.82) is 0 Å². The lowest BCUT2D eigenvalue weighted by atomic mass is 9.84. The minimum Gasteiger partial charge on any atom is -0.714 e. The minimum atomic E-state index is -0.823. The maximum Gasteiger partial charge on any atom is 0.317 e. The number of rotatable bonds is 1. The molecular formula is C21H21N2O2. The summed E-state index contributed by atoms with van der Waals surface area (Å²) in [5, 5.41) is 31.1. The van der Waals surface area contributed by atoms with Crippen LogP contribution in [-0.2, 0) is 5.21 Å². The van der Waals surface area contributed by atoms with Gasteiger partial charge >= 0.3 is 5.84 Å². The lowest BCUT2D eigenvalue weighted by Gasteiger charge is -2.32. The standard InChI is InChI=1S/C21H21N2O2/c1-20(2)21(3,4)23(25)19(22(20)24)18-13-14-9-5-6-10-15(14)16-11-7-8-12-17(16)18/h5-13H,1-4H3. The lowest BCUT2D eigenvalue weighted by molar-refractivity contribution is -0.539. The SMILES string of the molecule is CC1(C)N([O])C(c2cc3ccccc3c3ccccc23)=[N+]([O-])C1(C)C. The third-order valence-electron chi connectivity index (χ3n) is 5.91. The van der Waals surface area contributed by atoms with Gasteiger partial charge in [0.25, 0.3) is 0 Å². The van der Waals surface area contributed by atoms with E-state index in [9.17, 15) is 10.4 Å². The second kappa shape index (κ2) is 4.96. The molecule has 0 spiro atoms. The molecule has 4 nitrogen and oxygen atoms in total. The fraction of sp³-hybridized carbons (Fsp3) is 0.286. The van der Waals surface area contributed by atoms with Crippen molar-refractivity contribution in [1.82, 2.24) is 5.06 Å². The second-order valence-electron chi connectivity index (χ2n) is 7.72. The predicted molar refractivity (Wildman–Crippen MR) is 99.9 cm³/mol. The van der Waals surface area contributed by atoms with E-state index in [2.05, 4.69) is 6.07 Å². The van der Waals surface area contributed by atoms with Crippen LogP contribution < -0.4 is 0 Å². The Morgan fingerprint density at radius 1 is 0.880 bits per heavy atom. The van der Waals surface area contributed by atoms with E-state index in [4.69, 9.17) is 0 Å². The molecular weight excluding hydrogens is 312 g/mol. The summed E-state index contributed by atoms with van der Waals surface area (Å²) in [5.74, 6) is 0.192. The van der Waals surface area contributed by atoms with Gasteiger partial charge in [-0.1, -0.05) is 53.6 Å². The highest BCUT2D eigenvalue weighted by molar-refractivity contribution is 6.17. The van der Waals surface area contributed by atoms with Crippen LogP contribution in [0.25, 0.3) is 21.5 Å². The van der Waals surface area contributed by atoms with Crippen molar-refractivity contribution in [2.45, 2.75) is 38.8 Å². The largest absolute Gasteiger partial charge is 0.714 e. The Labute approximate surface area is 147 Å². The van der Waals surface area contributed by atoms with Gasteiger partial charge in [-0.3, -0.25) is 4.74 Å². The number of nitrogens with zero attached hydrogens (tertiary/aromatic N) is 2. The van der Waals surface area contributed by atoms with Gasteiger partial charge in [0, 0.05) is 5.21 Å². The minimum absolute atomic E-state index is 0.192. The first-order chi connectivity index (χ1) is 11.8. The number of hydrogen-bond acceptors (Lipinski definition) is 2. The number of amidine groups is 1. The zero-order valence-electron chi connectivity index (χ0n) is 14.9. The maximum absolute atomic E-state index is 13.1. The lowest BCUT2D eigenvalue weighted by Crippen LogP contribution is -2.53. The Hall–Kier alpha value is -2.59. The molecule has 1 aliphatic heterocycles. The van der Waals surface area contributed by atoms with Gasteiger partial charge in [0.05, 0.1) is 5.56 Å². The average Bonchev–Trinajstić information content (AvgIpc) is 2.72. The van der Waals surface area contributed by atoms with Crippen LogP contribution in [0.4, 0.5) is 0 Å². The molecule has 0 amide bonds. The van der Waals surface area contributed by atoms with Gasteiger partial charge in [0.2, 0.25) is 0 Å². The molecule has 1 heterocycles. The van der Waals surface area contributed by atoms with Crippen LogP contribution in [0.2, 0.25) is 0 Å². The van der Waals surface area contributed by atoms with Gasteiger partial charge in [-0.05, 0) is 55.3 Å². The highest BCUT2D eigenvalue weighted by Gasteiger charge is 2.60. The Morgan fingerprint density at radius 3 is 2.04 bits per heavy atom. The Kier molecular flexibility index (Phi) is 3.16. The van der Waals surface area contributed by atoms with Gasteiger partial charge in [0.15, 0.2) is 5.54 Å². The van der Waals surface area contributed by atoms with Crippen molar-refractivity contribution in [3.8, 4) is 0 Å². The smallest absolute Gasteiger partial charge is 0.317 e. The van der Waals surface area contributed by atoms with E-state index >= 15 is 0 Å². The van der Waals surface area contributed by atoms with Crippen LogP contribution in [0, 0.1) is 5.21 Å². The molecule has 0 saturated carbocycles. The van der Waals surface area contributed by atoms with Crippen molar-refractivity contribution in [2.24, 2.45) is 0 Å². The van der Waals surface area contributed by atoms with Crippen molar-refractivity contribution in [3.05, 3.63) is 65.4 Å². The Bertz CT molecular complexity index is 1030. The molecule has 3 aromatic rings. The normalized spacial score (nSPS) is 19.2. The summed E-state index contributed by atoms with van der Waals surface area (Å²) in [4.78, 5) is 0. The third-order valence-corrected chi connectivity index (χ3v) is 5.91. The van der Waals surface area contributed by atoms with Crippen LogP contribution in [0.5, 0.6) is 0 Å². The monoisotopic (exact) mass is 333 g/mol. The summed E-state index contributed by atoms with van der Waals surface area (Å²) in [6, 6.07) is 18.0. The van der Waals surface area contributed by atoms with E-state index in [0.29, 0.717) is 5.56 Å². The number of hydroxylamine groups is 3. The van der Waals surface area contributed by atoms with Gasteiger partial charge in [-0.15, -0.1) is 0 Å². The Morgan fingerprint density at radius 2 is 1.44 bits per heavy atom. The molecule has 25 heavy (non-hydrogen) atoms. The topological polar surface area (TPSA) is 49.2 Å². The maximum atomic E-state index is 13.1. The number of hydrogen-bond donors (Lipinski definition) is 0. The average molecular weight is 333 g/mol. The summed E-state index contributed by atoms with van der Waals surface area (Å²) in [5.41, 5.74) is -0.953. The second-order valence-corrected chi connectivity index (χ2v) is 7.72. The van der Waals surface area contributed by atoms with Crippen LogP contribution in [0.3, 0.4) is 0 Å². The highest BCUT2D eigenvalue weighted by Crippen LogP contribution is 2.39. The molecule has 0 aliphatic carbocycles. The molecule has 0 fully saturated rings. The van der Waals surface area contributed by atoms with Crippen LogP contribution in [-0.4, -0.2) is 26.7 Å². The summed E-state index contributed by atoms with van der Waals surface area (Å²) >= 11 is 0. The van der Waals surface area contributed by atoms with Gasteiger partial charge < -0.3 is 5.21 Å². The quantitative estimate of drug-likeness (QED) is 0.375. The van der Waals surface area contributed by atoms with Crippen molar-refractivity contribution >= 4 is 27.4 Å². The molecule has 0 atom stereocenters. The third kappa shape index (κ3) is 1.94. The first-order valence-corrected chi connectivity index (χ1v) is 8.49. The number of benzene rings is 3. The van der Waals surface area contributed by atoms with Crippen molar-refractivity contribution < 1.29 is 9.95 Å². The fourth-order valence-electron chi connectivity index (χ4n) is 3.57. The van der Waals surface area contributed by atoms with E-state index in [1.165, 1.54) is 0 Å². The van der Waals surface area contributed by atoms with Crippen molar-refractivity contribution in [2.75, 3.05) is 0 Å². The molecule has 4 rings (SSSR count). The van der Waals surface area contributed by atoms with E-state index in [1.54, 1.807) is 0 Å².